The van der Waals surface area contributed by atoms with Gasteiger partial charge in [0, 0.05) is 40.8 Å². The van der Waals surface area contributed by atoms with Gasteiger partial charge in [0.15, 0.2) is 0 Å². The Morgan fingerprint density at radius 1 is 0.872 bits per heavy atom. The molecular formula is C39H42N6O2. The van der Waals surface area contributed by atoms with Crippen LogP contribution in [0, 0.1) is 12.8 Å². The maximum absolute atomic E-state index is 13.6. The van der Waals surface area contributed by atoms with Gasteiger partial charge in [-0.1, -0.05) is 68.8 Å². The van der Waals surface area contributed by atoms with Crippen molar-refractivity contribution in [1.82, 2.24) is 19.7 Å². The molecule has 8 heteroatoms. The summed E-state index contributed by atoms with van der Waals surface area (Å²) in [6.45, 7) is 8.37. The number of urea groups is 1. The molecule has 2 aromatic heterocycles. The number of piperidine rings is 1. The number of aromatic nitrogens is 3. The van der Waals surface area contributed by atoms with Gasteiger partial charge in [-0.3, -0.25) is 15.1 Å². The van der Waals surface area contributed by atoms with Crippen LogP contribution in [0.4, 0.5) is 16.3 Å². The van der Waals surface area contributed by atoms with Crippen molar-refractivity contribution in [2.75, 3.05) is 10.6 Å². The van der Waals surface area contributed by atoms with E-state index < -0.39 is 0 Å². The first-order valence-electron chi connectivity index (χ1n) is 16.6. The van der Waals surface area contributed by atoms with E-state index in [0.29, 0.717) is 17.3 Å². The summed E-state index contributed by atoms with van der Waals surface area (Å²) in [6, 6.07) is 28.3. The molecule has 7 rings (SSSR count). The van der Waals surface area contributed by atoms with Gasteiger partial charge >= 0.3 is 6.03 Å². The zero-order valence-electron chi connectivity index (χ0n) is 27.5. The molecular weight excluding hydrogens is 584 g/mol. The van der Waals surface area contributed by atoms with E-state index in [2.05, 4.69) is 53.4 Å². The fourth-order valence-corrected chi connectivity index (χ4v) is 7.18. The number of para-hydroxylation sites is 1. The van der Waals surface area contributed by atoms with Gasteiger partial charge in [-0.2, -0.15) is 5.10 Å². The monoisotopic (exact) mass is 626 g/mol. The maximum atomic E-state index is 13.6. The van der Waals surface area contributed by atoms with Crippen LogP contribution in [0.3, 0.4) is 0 Å². The van der Waals surface area contributed by atoms with Crippen molar-refractivity contribution in [3.05, 3.63) is 114 Å². The highest BCUT2D eigenvalue weighted by atomic mass is 16.2. The smallest absolute Gasteiger partial charge is 0.324 e. The number of anilines is 2. The van der Waals surface area contributed by atoms with Gasteiger partial charge in [0.05, 0.1) is 22.5 Å². The molecule has 4 heterocycles. The highest BCUT2D eigenvalue weighted by molar-refractivity contribution is 5.99. The molecule has 3 amide bonds. The van der Waals surface area contributed by atoms with E-state index in [-0.39, 0.29) is 29.4 Å². The molecule has 2 aliphatic heterocycles. The molecule has 0 radical (unpaired) electrons. The summed E-state index contributed by atoms with van der Waals surface area (Å²) in [5.74, 6) is 1.25. The first-order chi connectivity index (χ1) is 22.6. The first kappa shape index (κ1) is 30.7. The summed E-state index contributed by atoms with van der Waals surface area (Å²) in [6.07, 6.45) is 6.84. The number of rotatable bonds is 6. The van der Waals surface area contributed by atoms with Crippen LogP contribution in [0.1, 0.15) is 73.6 Å². The molecule has 5 aromatic rings. The fourth-order valence-electron chi connectivity index (χ4n) is 7.18. The van der Waals surface area contributed by atoms with E-state index in [1.54, 1.807) is 10.9 Å². The van der Waals surface area contributed by atoms with Crippen LogP contribution < -0.4 is 10.6 Å². The highest BCUT2D eigenvalue weighted by Crippen LogP contribution is 2.41. The van der Waals surface area contributed by atoms with Crippen molar-refractivity contribution in [2.24, 2.45) is 5.92 Å². The van der Waals surface area contributed by atoms with E-state index in [4.69, 9.17) is 5.10 Å². The Labute approximate surface area is 276 Å². The molecule has 8 nitrogen and oxygen atoms in total. The first-order valence-corrected chi connectivity index (χ1v) is 16.6. The number of amides is 3. The standard InChI is InChI=1S/C39H42N6O2/c1-25-9-15-31(16-10-25)45-36(23-35(43-45)39(2,3)4)42-38(47)41-30-13-11-26(12-14-30)19-27-20-32-17-18-33(21-27)44(32)37(46)29-22-28-7-5-6-8-34(28)40-24-29/h5-16,22-24,27,32-33H,17-21H2,1-4H3,(H2,41,42,47). The van der Waals surface area contributed by atoms with Gasteiger partial charge in [-0.15, -0.1) is 0 Å². The van der Waals surface area contributed by atoms with Gasteiger partial charge in [0.1, 0.15) is 5.82 Å². The van der Waals surface area contributed by atoms with Gasteiger partial charge in [-0.25, -0.2) is 9.48 Å². The highest BCUT2D eigenvalue weighted by Gasteiger charge is 2.43. The minimum Gasteiger partial charge on any atom is -0.333 e. The Balaban J connectivity index is 0.971. The van der Waals surface area contributed by atoms with E-state index in [1.165, 1.54) is 5.56 Å². The molecule has 2 saturated heterocycles. The topological polar surface area (TPSA) is 92.2 Å². The van der Waals surface area contributed by atoms with E-state index in [9.17, 15) is 9.59 Å². The summed E-state index contributed by atoms with van der Waals surface area (Å²) in [4.78, 5) is 33.4. The van der Waals surface area contributed by atoms with Crippen LogP contribution in [0.25, 0.3) is 16.6 Å². The Bertz CT molecular complexity index is 1910. The summed E-state index contributed by atoms with van der Waals surface area (Å²) in [7, 11) is 0. The Morgan fingerprint density at radius 2 is 1.57 bits per heavy atom. The predicted molar refractivity (Wildman–Crippen MR) is 187 cm³/mol. The minimum atomic E-state index is -0.318. The molecule has 2 aliphatic rings. The lowest BCUT2D eigenvalue weighted by Gasteiger charge is -2.39. The van der Waals surface area contributed by atoms with Gasteiger partial charge in [-0.05, 0) is 86.9 Å². The quantitative estimate of drug-likeness (QED) is 0.198. The summed E-state index contributed by atoms with van der Waals surface area (Å²) in [5.41, 5.74) is 6.34. The van der Waals surface area contributed by atoms with Crippen molar-refractivity contribution >= 4 is 34.3 Å². The molecule has 0 aliphatic carbocycles. The fraction of sp³-hybridized carbons (Fsp3) is 0.333. The average molecular weight is 627 g/mol. The summed E-state index contributed by atoms with van der Waals surface area (Å²) >= 11 is 0. The van der Waals surface area contributed by atoms with Gasteiger partial charge in [0.25, 0.3) is 5.91 Å². The number of carbonyl (C=O) groups excluding carboxylic acids is 2. The molecule has 0 spiro atoms. The number of aryl methyl sites for hydroxylation is 1. The minimum absolute atomic E-state index is 0.111. The number of pyridine rings is 1. The molecule has 2 bridgehead atoms. The zero-order valence-corrected chi connectivity index (χ0v) is 27.5. The van der Waals surface area contributed by atoms with Gasteiger partial charge in [0.2, 0.25) is 0 Å². The normalized spacial score (nSPS) is 19.1. The summed E-state index contributed by atoms with van der Waals surface area (Å²) < 4.78 is 1.79. The number of hydrogen-bond acceptors (Lipinski definition) is 4. The second-order valence-electron chi connectivity index (χ2n) is 14.2. The van der Waals surface area contributed by atoms with Crippen LogP contribution in [-0.4, -0.2) is 43.7 Å². The largest absolute Gasteiger partial charge is 0.333 e. The van der Waals surface area contributed by atoms with E-state index in [1.807, 2.05) is 79.7 Å². The third-order valence-electron chi connectivity index (χ3n) is 9.64. The van der Waals surface area contributed by atoms with Crippen molar-refractivity contribution in [3.63, 3.8) is 0 Å². The van der Waals surface area contributed by atoms with Crippen molar-refractivity contribution < 1.29 is 9.59 Å². The molecule has 2 atom stereocenters. The lowest BCUT2D eigenvalue weighted by molar-refractivity contribution is 0.0524. The lowest BCUT2D eigenvalue weighted by atomic mass is 9.85. The van der Waals surface area contributed by atoms with Crippen LogP contribution in [0.5, 0.6) is 0 Å². The number of hydrogen-bond donors (Lipinski definition) is 2. The molecule has 3 aromatic carbocycles. The van der Waals surface area contributed by atoms with E-state index in [0.717, 1.165) is 65.6 Å². The second kappa shape index (κ2) is 12.3. The maximum Gasteiger partial charge on any atom is 0.324 e. The van der Waals surface area contributed by atoms with Gasteiger partial charge < -0.3 is 10.2 Å². The molecule has 2 N–H and O–H groups in total. The Hall–Kier alpha value is -4.98. The number of nitrogens with zero attached hydrogens (tertiary/aromatic N) is 4. The number of carbonyl (C=O) groups is 2. The van der Waals surface area contributed by atoms with Crippen LogP contribution in [-0.2, 0) is 11.8 Å². The summed E-state index contributed by atoms with van der Waals surface area (Å²) in [5, 5.41) is 11.8. The zero-order chi connectivity index (χ0) is 32.7. The van der Waals surface area contributed by atoms with Crippen LogP contribution in [0.15, 0.2) is 91.1 Å². The third kappa shape index (κ3) is 6.50. The molecule has 0 saturated carbocycles. The van der Waals surface area contributed by atoms with Crippen LogP contribution in [0.2, 0.25) is 0 Å². The average Bonchev–Trinajstić information content (AvgIpc) is 3.60. The molecule has 240 valence electrons. The number of nitrogens with one attached hydrogen (secondary N) is 2. The molecule has 47 heavy (non-hydrogen) atoms. The Morgan fingerprint density at radius 3 is 2.28 bits per heavy atom. The Kier molecular flexibility index (Phi) is 8.04. The van der Waals surface area contributed by atoms with E-state index >= 15 is 0 Å². The lowest BCUT2D eigenvalue weighted by Crippen LogP contribution is -2.46. The SMILES string of the molecule is Cc1ccc(-n2nc(C(C)(C)C)cc2NC(=O)Nc2ccc(CC3CC4CCC(C3)N4C(=O)c3cnc4ccccc4c3)cc2)cc1. The molecule has 2 unspecified atom stereocenters. The number of fused-ring (bicyclic) bond motifs is 3. The van der Waals surface area contributed by atoms with Crippen molar-refractivity contribution in [2.45, 2.75) is 77.3 Å². The third-order valence-corrected chi connectivity index (χ3v) is 9.64. The van der Waals surface area contributed by atoms with Crippen LogP contribution >= 0.6 is 0 Å². The predicted octanol–water partition coefficient (Wildman–Crippen LogP) is 8.30. The second-order valence-corrected chi connectivity index (χ2v) is 14.2. The number of benzene rings is 3. The molecule has 2 fully saturated rings. The van der Waals surface area contributed by atoms with Crippen molar-refractivity contribution in [1.29, 1.82) is 0 Å². The van der Waals surface area contributed by atoms with Crippen molar-refractivity contribution in [3.8, 4) is 5.69 Å².